The number of carbonyl (C=O) groups is 1. The van der Waals surface area contributed by atoms with Crippen molar-refractivity contribution in [1.29, 1.82) is 0 Å². The van der Waals surface area contributed by atoms with Gasteiger partial charge in [-0.05, 0) is 87.6 Å². The van der Waals surface area contributed by atoms with Crippen LogP contribution in [-0.4, -0.2) is 12.0 Å². The van der Waals surface area contributed by atoms with Crippen LogP contribution in [0, 0.1) is 34.6 Å². The number of hydrogen-bond donors (Lipinski definition) is 1. The van der Waals surface area contributed by atoms with E-state index < -0.39 is 6.10 Å². The van der Waals surface area contributed by atoms with Crippen LogP contribution >= 0.6 is 0 Å². The molecule has 0 saturated carbocycles. The molecule has 1 N–H and O–H groups in total. The molecule has 2 rings (SSSR count). The van der Waals surface area contributed by atoms with Gasteiger partial charge in [-0.25, -0.2) is 0 Å². The van der Waals surface area contributed by atoms with E-state index in [4.69, 9.17) is 4.74 Å². The number of rotatable bonds is 4. The maximum atomic E-state index is 12.4. The van der Waals surface area contributed by atoms with Crippen LogP contribution in [0.5, 0.6) is 5.75 Å². The summed E-state index contributed by atoms with van der Waals surface area (Å²) in [4.78, 5) is 12.4. The highest BCUT2D eigenvalue weighted by Crippen LogP contribution is 2.24. The molecule has 2 aromatic rings. The number of aryl methyl sites for hydroxylation is 4. The van der Waals surface area contributed by atoms with Gasteiger partial charge in [0.05, 0.1) is 0 Å². The number of hydrogen-bond acceptors (Lipinski definition) is 2. The summed E-state index contributed by atoms with van der Waals surface area (Å²) in [6.07, 6.45) is -0.559. The molecule has 0 heterocycles. The first-order chi connectivity index (χ1) is 10.8. The van der Waals surface area contributed by atoms with Gasteiger partial charge in [0.25, 0.3) is 5.91 Å². The maximum Gasteiger partial charge on any atom is 0.265 e. The van der Waals surface area contributed by atoms with E-state index in [2.05, 4.69) is 25.2 Å². The zero-order chi connectivity index (χ0) is 17.1. The summed E-state index contributed by atoms with van der Waals surface area (Å²) in [7, 11) is 0. The Labute approximate surface area is 138 Å². The smallest absolute Gasteiger partial charge is 0.265 e. The van der Waals surface area contributed by atoms with Crippen molar-refractivity contribution >= 4 is 11.6 Å². The molecular weight excluding hydrogens is 286 g/mol. The van der Waals surface area contributed by atoms with Crippen molar-refractivity contribution < 1.29 is 9.53 Å². The molecule has 1 amide bonds. The van der Waals surface area contributed by atoms with Crippen LogP contribution in [0.25, 0.3) is 0 Å². The number of amides is 1. The van der Waals surface area contributed by atoms with Gasteiger partial charge in [0, 0.05) is 5.69 Å². The Bertz CT molecular complexity index is 735. The summed E-state index contributed by atoms with van der Waals surface area (Å²) in [5.74, 6) is 0.622. The SMILES string of the molecule is Cc1cc(C)c(C)c(O[C@@H](C)C(=O)Nc2ccc(C)c(C)c2)c1. The van der Waals surface area contributed by atoms with Gasteiger partial charge >= 0.3 is 0 Å². The summed E-state index contributed by atoms with van der Waals surface area (Å²) in [5.41, 5.74) is 6.53. The minimum absolute atomic E-state index is 0.146. The van der Waals surface area contributed by atoms with Gasteiger partial charge in [0.15, 0.2) is 6.10 Å². The zero-order valence-electron chi connectivity index (χ0n) is 14.8. The number of benzene rings is 2. The van der Waals surface area contributed by atoms with Gasteiger partial charge in [0.1, 0.15) is 5.75 Å². The molecule has 0 aliphatic heterocycles. The minimum atomic E-state index is -0.559. The highest BCUT2D eigenvalue weighted by Gasteiger charge is 2.17. The Hall–Kier alpha value is -2.29. The van der Waals surface area contributed by atoms with Crippen LogP contribution in [0.3, 0.4) is 0 Å². The predicted octanol–water partition coefficient (Wildman–Crippen LogP) is 4.63. The topological polar surface area (TPSA) is 38.3 Å². The van der Waals surface area contributed by atoms with E-state index in [-0.39, 0.29) is 5.91 Å². The van der Waals surface area contributed by atoms with Gasteiger partial charge in [-0.1, -0.05) is 12.1 Å². The Kier molecular flexibility index (Phi) is 5.09. The standard InChI is InChI=1S/C20H25NO2/c1-12-9-15(4)16(5)19(10-12)23-17(6)20(22)21-18-8-7-13(2)14(3)11-18/h7-11,17H,1-6H3,(H,21,22)/t17-/m0/s1. The van der Waals surface area contributed by atoms with E-state index in [0.29, 0.717) is 0 Å². The lowest BCUT2D eigenvalue weighted by Gasteiger charge is -2.18. The fourth-order valence-corrected chi connectivity index (χ4v) is 2.43. The van der Waals surface area contributed by atoms with E-state index >= 15 is 0 Å². The van der Waals surface area contributed by atoms with Crippen molar-refractivity contribution in [2.45, 2.75) is 47.6 Å². The first-order valence-corrected chi connectivity index (χ1v) is 7.90. The molecular formula is C20H25NO2. The second-order valence-electron chi connectivity index (χ2n) is 6.25. The molecule has 0 radical (unpaired) electrons. The summed E-state index contributed by atoms with van der Waals surface area (Å²) in [6, 6.07) is 9.98. The molecule has 0 saturated heterocycles. The van der Waals surface area contributed by atoms with Gasteiger partial charge < -0.3 is 10.1 Å². The van der Waals surface area contributed by atoms with Gasteiger partial charge in [-0.2, -0.15) is 0 Å². The molecule has 0 aliphatic carbocycles. The molecule has 0 spiro atoms. The first kappa shape index (κ1) is 17.1. The minimum Gasteiger partial charge on any atom is -0.481 e. The van der Waals surface area contributed by atoms with Crippen LogP contribution in [0.4, 0.5) is 5.69 Å². The number of carbonyl (C=O) groups excluding carboxylic acids is 1. The molecule has 0 aromatic heterocycles. The quantitative estimate of drug-likeness (QED) is 0.893. The molecule has 3 heteroatoms. The van der Waals surface area contributed by atoms with Gasteiger partial charge in [-0.3, -0.25) is 4.79 Å². The molecule has 0 bridgehead atoms. The van der Waals surface area contributed by atoms with Crippen molar-refractivity contribution in [3.05, 3.63) is 58.1 Å². The molecule has 122 valence electrons. The van der Waals surface area contributed by atoms with Crippen molar-refractivity contribution in [1.82, 2.24) is 0 Å². The Morgan fingerprint density at radius 2 is 1.65 bits per heavy atom. The second kappa shape index (κ2) is 6.86. The van der Waals surface area contributed by atoms with Crippen molar-refractivity contribution in [2.24, 2.45) is 0 Å². The fourth-order valence-electron chi connectivity index (χ4n) is 2.43. The number of anilines is 1. The summed E-state index contributed by atoms with van der Waals surface area (Å²) < 4.78 is 5.88. The summed E-state index contributed by atoms with van der Waals surface area (Å²) >= 11 is 0. The molecule has 1 atom stereocenters. The number of nitrogens with one attached hydrogen (secondary N) is 1. The average Bonchev–Trinajstić information content (AvgIpc) is 2.48. The zero-order valence-corrected chi connectivity index (χ0v) is 14.8. The lowest BCUT2D eigenvalue weighted by Crippen LogP contribution is -2.30. The van der Waals surface area contributed by atoms with E-state index in [1.165, 1.54) is 11.1 Å². The highest BCUT2D eigenvalue weighted by atomic mass is 16.5. The fraction of sp³-hybridized carbons (Fsp3) is 0.350. The lowest BCUT2D eigenvalue weighted by atomic mass is 10.1. The van der Waals surface area contributed by atoms with Crippen molar-refractivity contribution in [2.75, 3.05) is 5.32 Å². The summed E-state index contributed by atoms with van der Waals surface area (Å²) in [5, 5.41) is 2.91. The Morgan fingerprint density at radius 1 is 0.957 bits per heavy atom. The molecule has 2 aromatic carbocycles. The third-order valence-electron chi connectivity index (χ3n) is 4.21. The monoisotopic (exact) mass is 311 g/mol. The average molecular weight is 311 g/mol. The largest absolute Gasteiger partial charge is 0.481 e. The molecule has 3 nitrogen and oxygen atoms in total. The van der Waals surface area contributed by atoms with Crippen LogP contribution in [0.2, 0.25) is 0 Å². The van der Waals surface area contributed by atoms with E-state index in [9.17, 15) is 4.79 Å². The maximum absolute atomic E-state index is 12.4. The van der Waals surface area contributed by atoms with E-state index in [0.717, 1.165) is 28.1 Å². The first-order valence-electron chi connectivity index (χ1n) is 7.90. The van der Waals surface area contributed by atoms with Gasteiger partial charge in [0.2, 0.25) is 0 Å². The van der Waals surface area contributed by atoms with E-state index in [1.807, 2.05) is 45.0 Å². The Balaban J connectivity index is 2.10. The lowest BCUT2D eigenvalue weighted by molar-refractivity contribution is -0.122. The van der Waals surface area contributed by atoms with Crippen LogP contribution in [0.15, 0.2) is 30.3 Å². The van der Waals surface area contributed by atoms with Crippen LogP contribution in [0.1, 0.15) is 34.7 Å². The molecule has 23 heavy (non-hydrogen) atoms. The summed E-state index contributed by atoms with van der Waals surface area (Å²) in [6.45, 7) is 11.9. The number of ether oxygens (including phenoxy) is 1. The third kappa shape index (κ3) is 4.13. The van der Waals surface area contributed by atoms with Gasteiger partial charge in [-0.15, -0.1) is 0 Å². The normalized spacial score (nSPS) is 11.9. The van der Waals surface area contributed by atoms with Crippen molar-refractivity contribution in [3.8, 4) is 5.75 Å². The molecule has 0 fully saturated rings. The second-order valence-corrected chi connectivity index (χ2v) is 6.25. The molecule has 0 aliphatic rings. The van der Waals surface area contributed by atoms with E-state index in [1.54, 1.807) is 6.92 Å². The van der Waals surface area contributed by atoms with Crippen molar-refractivity contribution in [3.63, 3.8) is 0 Å². The van der Waals surface area contributed by atoms with Crippen LogP contribution in [-0.2, 0) is 4.79 Å². The highest BCUT2D eigenvalue weighted by molar-refractivity contribution is 5.94. The third-order valence-corrected chi connectivity index (χ3v) is 4.21. The molecule has 0 unspecified atom stereocenters. The Morgan fingerprint density at radius 3 is 2.30 bits per heavy atom. The predicted molar refractivity (Wildman–Crippen MR) is 95.3 cm³/mol. The van der Waals surface area contributed by atoms with Crippen LogP contribution < -0.4 is 10.1 Å².